The van der Waals surface area contributed by atoms with Crippen LogP contribution in [0, 0.1) is 0 Å². The van der Waals surface area contributed by atoms with Crippen molar-refractivity contribution in [3.05, 3.63) is 35.4 Å². The lowest BCUT2D eigenvalue weighted by Crippen LogP contribution is -2.17. The van der Waals surface area contributed by atoms with Gasteiger partial charge in [-0.2, -0.15) is 22.2 Å². The van der Waals surface area contributed by atoms with Crippen LogP contribution in [0.15, 0.2) is 24.3 Å². The number of halogens is 2. The minimum Gasteiger partial charge on any atom is -0.462 e. The van der Waals surface area contributed by atoms with E-state index in [4.69, 9.17) is 31.6 Å². The van der Waals surface area contributed by atoms with Gasteiger partial charge in [0.2, 0.25) is 0 Å². The molecule has 0 fully saturated rings. The Morgan fingerprint density at radius 2 is 1.08 bits per heavy atom. The van der Waals surface area contributed by atoms with E-state index in [1.165, 1.54) is 0 Å². The first kappa shape index (κ1) is 23.2. The normalized spacial score (nSPS) is 11.9. The van der Waals surface area contributed by atoms with Crippen LogP contribution in [-0.4, -0.2) is 39.9 Å². The van der Waals surface area contributed by atoms with Crippen LogP contribution in [0.3, 0.4) is 0 Å². The summed E-state index contributed by atoms with van der Waals surface area (Å²) in [5.41, 5.74) is 0.831. The number of esters is 2. The summed E-state index contributed by atoms with van der Waals surface area (Å²) in [4.78, 5) is 24.0. The first-order chi connectivity index (χ1) is 12.0. The molecule has 26 heavy (non-hydrogen) atoms. The van der Waals surface area contributed by atoms with Crippen molar-refractivity contribution in [1.29, 1.82) is 0 Å². The van der Waals surface area contributed by atoms with Crippen LogP contribution >= 0.6 is 22.2 Å². The van der Waals surface area contributed by atoms with Crippen molar-refractivity contribution >= 4 is 48.9 Å². The molecule has 0 N–H and O–H groups in total. The lowest BCUT2D eigenvalue weighted by atomic mass is 10.1. The smallest absolute Gasteiger partial charge is 0.338 e. The molecule has 1 rings (SSSR count). The molecule has 0 atom stereocenters. The maximum atomic E-state index is 12.0. The van der Waals surface area contributed by atoms with E-state index in [1.807, 2.05) is 0 Å². The van der Waals surface area contributed by atoms with Crippen molar-refractivity contribution in [3.8, 4) is 0 Å². The van der Waals surface area contributed by atoms with E-state index in [9.17, 15) is 9.59 Å². The molecule has 0 heterocycles. The zero-order valence-corrected chi connectivity index (χ0v) is 19.5. The Morgan fingerprint density at radius 3 is 1.35 bits per heavy atom. The molecule has 0 spiro atoms. The highest BCUT2D eigenvalue weighted by atomic mass is 35.6. The maximum absolute atomic E-state index is 12.0. The number of hydrogen-bond donors (Lipinski definition) is 0. The number of hydrogen-bond acceptors (Lipinski definition) is 4. The summed E-state index contributed by atoms with van der Waals surface area (Å²) in [6.45, 7) is 8.96. The Kier molecular flexibility index (Phi) is 9.37. The first-order valence-electron chi connectivity index (χ1n) is 8.80. The van der Waals surface area contributed by atoms with E-state index < -0.39 is 26.7 Å². The van der Waals surface area contributed by atoms with Crippen LogP contribution in [0.25, 0.3) is 0 Å². The Morgan fingerprint density at radius 1 is 0.769 bits per heavy atom. The fraction of sp³-hybridized carbons (Fsp3) is 0.556. The Bertz CT molecular complexity index is 540. The molecule has 0 bridgehead atoms. The van der Waals surface area contributed by atoms with Gasteiger partial charge in [-0.3, -0.25) is 0 Å². The molecule has 146 valence electrons. The Hall–Kier alpha value is -0.826. The molecule has 0 aliphatic heterocycles. The topological polar surface area (TPSA) is 52.6 Å². The quantitative estimate of drug-likeness (QED) is 0.206. The highest BCUT2D eigenvalue weighted by molar-refractivity contribution is 7.19. The SMILES string of the molecule is C[Si](C)(Cl)CCCOC(=O)c1ccc(C(=O)OCCC[Si](C)(C)Cl)cc1. The van der Waals surface area contributed by atoms with E-state index in [2.05, 4.69) is 26.2 Å². The molecular weight excluding hydrogens is 407 g/mol. The van der Waals surface area contributed by atoms with Crippen LogP contribution in [-0.2, 0) is 9.47 Å². The lowest BCUT2D eigenvalue weighted by Gasteiger charge is -2.12. The molecule has 0 unspecified atom stereocenters. The summed E-state index contributed by atoms with van der Waals surface area (Å²) in [6.07, 6.45) is 1.53. The number of carbonyl (C=O) groups excluding carboxylic acids is 2. The maximum Gasteiger partial charge on any atom is 0.338 e. The second-order valence-corrected chi connectivity index (χ2v) is 21.5. The molecule has 1 aromatic carbocycles. The lowest BCUT2D eigenvalue weighted by molar-refractivity contribution is 0.0490. The highest BCUT2D eigenvalue weighted by Gasteiger charge is 2.18. The van der Waals surface area contributed by atoms with Crippen molar-refractivity contribution in [3.63, 3.8) is 0 Å². The van der Waals surface area contributed by atoms with E-state index in [0.29, 0.717) is 24.3 Å². The van der Waals surface area contributed by atoms with Gasteiger partial charge in [-0.05, 0) is 49.2 Å². The van der Waals surface area contributed by atoms with Gasteiger partial charge in [-0.25, -0.2) is 9.59 Å². The van der Waals surface area contributed by atoms with E-state index in [1.54, 1.807) is 24.3 Å². The van der Waals surface area contributed by atoms with Crippen molar-refractivity contribution in [1.82, 2.24) is 0 Å². The van der Waals surface area contributed by atoms with Crippen LogP contribution in [0.5, 0.6) is 0 Å². The van der Waals surface area contributed by atoms with Gasteiger partial charge in [0.15, 0.2) is 14.8 Å². The molecular formula is C18H28Cl2O4Si2. The molecule has 0 saturated heterocycles. The third-order valence-electron chi connectivity index (χ3n) is 3.65. The zero-order valence-electron chi connectivity index (χ0n) is 15.9. The third kappa shape index (κ3) is 10.4. The van der Waals surface area contributed by atoms with E-state index in [0.717, 1.165) is 24.9 Å². The summed E-state index contributed by atoms with van der Waals surface area (Å²) in [7, 11) is -3.26. The minimum atomic E-state index is -1.63. The number of benzene rings is 1. The fourth-order valence-corrected chi connectivity index (χ4v) is 5.00. The van der Waals surface area contributed by atoms with Crippen molar-refractivity contribution in [2.75, 3.05) is 13.2 Å². The van der Waals surface area contributed by atoms with Gasteiger partial charge < -0.3 is 9.47 Å². The summed E-state index contributed by atoms with van der Waals surface area (Å²) >= 11 is 12.5. The summed E-state index contributed by atoms with van der Waals surface area (Å²) < 4.78 is 10.5. The molecule has 0 saturated carbocycles. The number of rotatable bonds is 10. The fourth-order valence-electron chi connectivity index (χ4n) is 2.22. The van der Waals surface area contributed by atoms with Gasteiger partial charge in [0.1, 0.15) is 0 Å². The highest BCUT2D eigenvalue weighted by Crippen LogP contribution is 2.17. The molecule has 0 amide bonds. The molecule has 0 radical (unpaired) electrons. The average molecular weight is 435 g/mol. The van der Waals surface area contributed by atoms with E-state index in [-0.39, 0.29) is 0 Å². The van der Waals surface area contributed by atoms with Gasteiger partial charge in [0.05, 0.1) is 24.3 Å². The van der Waals surface area contributed by atoms with Crippen LogP contribution in [0.2, 0.25) is 38.3 Å². The van der Waals surface area contributed by atoms with Gasteiger partial charge in [0, 0.05) is 0 Å². The standard InChI is InChI=1S/C18H28Cl2O4Si2/c1-25(2,19)13-5-11-23-17(21)15-7-9-16(10-8-15)18(22)24-12-6-14-26(3,4)20/h7-10H,5-6,11-14H2,1-4H3. The van der Waals surface area contributed by atoms with Gasteiger partial charge in [-0.1, -0.05) is 26.2 Å². The predicted octanol–water partition coefficient (Wildman–Crippen LogP) is 5.67. The molecule has 1 aromatic rings. The Balaban J connectivity index is 2.39. The van der Waals surface area contributed by atoms with Gasteiger partial charge in [-0.15, -0.1) is 0 Å². The average Bonchev–Trinajstić information content (AvgIpc) is 2.53. The second-order valence-electron chi connectivity index (χ2n) is 7.49. The molecule has 4 nitrogen and oxygen atoms in total. The summed E-state index contributed by atoms with van der Waals surface area (Å²) in [5.74, 6) is -0.790. The van der Waals surface area contributed by atoms with E-state index >= 15 is 0 Å². The van der Waals surface area contributed by atoms with Crippen LogP contribution in [0.1, 0.15) is 33.6 Å². The van der Waals surface area contributed by atoms with Gasteiger partial charge >= 0.3 is 11.9 Å². The molecule has 0 aromatic heterocycles. The number of ether oxygens (including phenoxy) is 2. The Labute approximate surface area is 167 Å². The first-order valence-corrected chi connectivity index (χ1v) is 17.2. The number of carbonyl (C=O) groups is 2. The van der Waals surface area contributed by atoms with Crippen LogP contribution in [0.4, 0.5) is 0 Å². The van der Waals surface area contributed by atoms with Crippen molar-refractivity contribution < 1.29 is 19.1 Å². The molecule has 8 heteroatoms. The van der Waals surface area contributed by atoms with Gasteiger partial charge in [0.25, 0.3) is 0 Å². The monoisotopic (exact) mass is 434 g/mol. The zero-order chi connectivity index (χ0) is 19.8. The third-order valence-corrected chi connectivity index (χ3v) is 7.87. The summed E-state index contributed by atoms with van der Waals surface area (Å²) in [5, 5.41) is 0. The van der Waals surface area contributed by atoms with Crippen molar-refractivity contribution in [2.24, 2.45) is 0 Å². The molecule has 0 aliphatic carbocycles. The summed E-state index contributed by atoms with van der Waals surface area (Å²) in [6, 6.07) is 8.11. The minimum absolute atomic E-state index is 0.353. The van der Waals surface area contributed by atoms with Crippen LogP contribution < -0.4 is 0 Å². The molecule has 0 aliphatic rings. The largest absolute Gasteiger partial charge is 0.462 e. The second kappa shape index (κ2) is 10.5. The van der Waals surface area contributed by atoms with Crippen molar-refractivity contribution in [2.45, 2.75) is 51.1 Å². The predicted molar refractivity (Wildman–Crippen MR) is 113 cm³/mol.